The summed E-state index contributed by atoms with van der Waals surface area (Å²) < 4.78 is 5.92. The van der Waals surface area contributed by atoms with Crippen molar-refractivity contribution in [3.05, 3.63) is 54.1 Å². The largest absolute Gasteiger partial charge is 0.493 e. The lowest BCUT2D eigenvalue weighted by Crippen LogP contribution is -2.20. The molecule has 0 aliphatic carbocycles. The van der Waals surface area contributed by atoms with Gasteiger partial charge in [0.15, 0.2) is 0 Å². The van der Waals surface area contributed by atoms with Crippen molar-refractivity contribution in [1.82, 2.24) is 5.32 Å². The number of hydrogen-bond donors (Lipinski definition) is 2. The van der Waals surface area contributed by atoms with E-state index in [1.807, 2.05) is 24.3 Å². The SMILES string of the molecule is Cc1ccc(OCCCNCCO)c(-c2ccccc2)c1. The summed E-state index contributed by atoms with van der Waals surface area (Å²) in [5, 5.41) is 11.8. The Morgan fingerprint density at radius 2 is 1.86 bits per heavy atom. The summed E-state index contributed by atoms with van der Waals surface area (Å²) in [4.78, 5) is 0. The Kier molecular flexibility index (Phi) is 6.25. The lowest BCUT2D eigenvalue weighted by Gasteiger charge is -2.13. The van der Waals surface area contributed by atoms with Crippen LogP contribution in [0, 0.1) is 6.92 Å². The monoisotopic (exact) mass is 285 g/mol. The third-order valence-corrected chi connectivity index (χ3v) is 3.26. The standard InChI is InChI=1S/C18H23NO2/c1-15-8-9-18(21-13-5-10-19-11-12-20)17(14-15)16-6-3-2-4-7-16/h2-4,6-9,14,19-20H,5,10-13H2,1H3. The first-order valence-corrected chi connectivity index (χ1v) is 7.41. The van der Waals surface area contributed by atoms with Gasteiger partial charge < -0.3 is 15.2 Å². The molecule has 0 aliphatic rings. The maximum atomic E-state index is 8.70. The van der Waals surface area contributed by atoms with E-state index in [4.69, 9.17) is 9.84 Å². The van der Waals surface area contributed by atoms with Crippen LogP contribution in [0.15, 0.2) is 48.5 Å². The molecule has 2 aromatic carbocycles. The van der Waals surface area contributed by atoms with Gasteiger partial charge in [0.25, 0.3) is 0 Å². The molecule has 3 nitrogen and oxygen atoms in total. The number of hydrogen-bond acceptors (Lipinski definition) is 3. The molecule has 0 amide bonds. The summed E-state index contributed by atoms with van der Waals surface area (Å²) in [7, 11) is 0. The third-order valence-electron chi connectivity index (χ3n) is 3.26. The highest BCUT2D eigenvalue weighted by Crippen LogP contribution is 2.30. The Morgan fingerprint density at radius 1 is 1.05 bits per heavy atom. The van der Waals surface area contributed by atoms with Crippen molar-refractivity contribution in [2.45, 2.75) is 13.3 Å². The fraction of sp³-hybridized carbons (Fsp3) is 0.333. The zero-order valence-electron chi connectivity index (χ0n) is 12.5. The highest BCUT2D eigenvalue weighted by atomic mass is 16.5. The minimum absolute atomic E-state index is 0.178. The van der Waals surface area contributed by atoms with Crippen LogP contribution in [0.4, 0.5) is 0 Å². The van der Waals surface area contributed by atoms with Gasteiger partial charge in [-0.15, -0.1) is 0 Å². The highest BCUT2D eigenvalue weighted by Gasteiger charge is 2.06. The average molecular weight is 285 g/mol. The predicted octanol–water partition coefficient (Wildman–Crippen LogP) is 3.01. The van der Waals surface area contributed by atoms with Crippen LogP contribution in [-0.4, -0.2) is 31.4 Å². The van der Waals surface area contributed by atoms with Crippen molar-refractivity contribution in [3.8, 4) is 16.9 Å². The van der Waals surface area contributed by atoms with E-state index in [1.165, 1.54) is 11.1 Å². The van der Waals surface area contributed by atoms with E-state index >= 15 is 0 Å². The van der Waals surface area contributed by atoms with Gasteiger partial charge in [-0.1, -0.05) is 42.0 Å². The van der Waals surface area contributed by atoms with Crippen molar-refractivity contribution >= 4 is 0 Å². The summed E-state index contributed by atoms with van der Waals surface area (Å²) in [6.07, 6.45) is 0.919. The van der Waals surface area contributed by atoms with Crippen LogP contribution in [0.3, 0.4) is 0 Å². The minimum atomic E-state index is 0.178. The Hall–Kier alpha value is -1.84. The van der Waals surface area contributed by atoms with E-state index in [2.05, 4.69) is 36.5 Å². The van der Waals surface area contributed by atoms with E-state index in [1.54, 1.807) is 0 Å². The van der Waals surface area contributed by atoms with E-state index in [0.29, 0.717) is 13.2 Å². The van der Waals surface area contributed by atoms with E-state index in [0.717, 1.165) is 24.3 Å². The average Bonchev–Trinajstić information content (AvgIpc) is 2.53. The van der Waals surface area contributed by atoms with Gasteiger partial charge in [-0.05, 0) is 37.6 Å². The number of aliphatic hydroxyl groups is 1. The number of ether oxygens (including phenoxy) is 1. The van der Waals surface area contributed by atoms with Gasteiger partial charge in [0, 0.05) is 12.1 Å². The second-order valence-corrected chi connectivity index (χ2v) is 5.04. The molecule has 0 atom stereocenters. The molecule has 0 fully saturated rings. The molecule has 0 saturated carbocycles. The summed E-state index contributed by atoms with van der Waals surface area (Å²) in [6.45, 7) is 4.43. The maximum absolute atomic E-state index is 8.70. The number of rotatable bonds is 8. The van der Waals surface area contributed by atoms with Gasteiger partial charge >= 0.3 is 0 Å². The van der Waals surface area contributed by atoms with Crippen molar-refractivity contribution in [2.75, 3.05) is 26.3 Å². The molecule has 2 N–H and O–H groups in total. The van der Waals surface area contributed by atoms with Gasteiger partial charge in [0.2, 0.25) is 0 Å². The normalized spacial score (nSPS) is 10.6. The van der Waals surface area contributed by atoms with Crippen LogP contribution in [0.5, 0.6) is 5.75 Å². The minimum Gasteiger partial charge on any atom is -0.493 e. The van der Waals surface area contributed by atoms with E-state index in [-0.39, 0.29) is 6.61 Å². The van der Waals surface area contributed by atoms with Crippen LogP contribution < -0.4 is 10.1 Å². The Balaban J connectivity index is 1.99. The fourth-order valence-corrected chi connectivity index (χ4v) is 2.20. The van der Waals surface area contributed by atoms with Crippen LogP contribution in [-0.2, 0) is 0 Å². The highest BCUT2D eigenvalue weighted by molar-refractivity contribution is 5.71. The summed E-state index contributed by atoms with van der Waals surface area (Å²) in [5.41, 5.74) is 3.54. The maximum Gasteiger partial charge on any atom is 0.127 e. The number of aliphatic hydroxyl groups excluding tert-OH is 1. The molecule has 21 heavy (non-hydrogen) atoms. The first kappa shape index (κ1) is 15.5. The molecule has 3 heteroatoms. The number of aryl methyl sites for hydroxylation is 1. The van der Waals surface area contributed by atoms with Crippen molar-refractivity contribution in [3.63, 3.8) is 0 Å². The van der Waals surface area contributed by atoms with Crippen LogP contribution >= 0.6 is 0 Å². The molecule has 0 spiro atoms. The van der Waals surface area contributed by atoms with E-state index in [9.17, 15) is 0 Å². The molecule has 0 aromatic heterocycles. The number of nitrogens with one attached hydrogen (secondary N) is 1. The molecule has 112 valence electrons. The zero-order chi connectivity index (χ0) is 14.9. The molecular formula is C18H23NO2. The van der Waals surface area contributed by atoms with Gasteiger partial charge in [0.05, 0.1) is 13.2 Å². The summed E-state index contributed by atoms with van der Waals surface area (Å²) >= 11 is 0. The van der Waals surface area contributed by atoms with Gasteiger partial charge in [-0.3, -0.25) is 0 Å². The molecule has 0 heterocycles. The predicted molar refractivity (Wildman–Crippen MR) is 86.7 cm³/mol. The molecule has 0 aliphatic heterocycles. The molecule has 0 bridgehead atoms. The Labute approximate surface area is 126 Å². The molecule has 0 saturated heterocycles. The first-order chi connectivity index (χ1) is 10.3. The second-order valence-electron chi connectivity index (χ2n) is 5.04. The van der Waals surface area contributed by atoms with Crippen LogP contribution in [0.2, 0.25) is 0 Å². The molecule has 2 rings (SSSR count). The molecular weight excluding hydrogens is 262 g/mol. The number of benzene rings is 2. The molecule has 2 aromatic rings. The first-order valence-electron chi connectivity index (χ1n) is 7.41. The topological polar surface area (TPSA) is 41.5 Å². The van der Waals surface area contributed by atoms with Crippen LogP contribution in [0.1, 0.15) is 12.0 Å². The smallest absolute Gasteiger partial charge is 0.127 e. The van der Waals surface area contributed by atoms with Crippen molar-refractivity contribution < 1.29 is 9.84 Å². The van der Waals surface area contributed by atoms with Gasteiger partial charge in [-0.2, -0.15) is 0 Å². The van der Waals surface area contributed by atoms with E-state index < -0.39 is 0 Å². The summed E-state index contributed by atoms with van der Waals surface area (Å²) in [6, 6.07) is 16.6. The quantitative estimate of drug-likeness (QED) is 0.733. The zero-order valence-corrected chi connectivity index (χ0v) is 12.5. The van der Waals surface area contributed by atoms with Crippen LogP contribution in [0.25, 0.3) is 11.1 Å². The lowest BCUT2D eigenvalue weighted by molar-refractivity contribution is 0.282. The molecule has 0 unspecified atom stereocenters. The Bertz CT molecular complexity index is 540. The van der Waals surface area contributed by atoms with Gasteiger partial charge in [0.1, 0.15) is 5.75 Å². The van der Waals surface area contributed by atoms with Gasteiger partial charge in [-0.25, -0.2) is 0 Å². The summed E-state index contributed by atoms with van der Waals surface area (Å²) in [5.74, 6) is 0.925. The third kappa shape index (κ3) is 4.88. The Morgan fingerprint density at radius 3 is 2.62 bits per heavy atom. The fourth-order valence-electron chi connectivity index (χ4n) is 2.20. The lowest BCUT2D eigenvalue weighted by atomic mass is 10.0. The van der Waals surface area contributed by atoms with Crippen molar-refractivity contribution in [2.24, 2.45) is 0 Å². The second kappa shape index (κ2) is 8.45. The van der Waals surface area contributed by atoms with Crippen molar-refractivity contribution in [1.29, 1.82) is 0 Å². The molecule has 0 radical (unpaired) electrons.